The molecular weight excluding hydrogens is 244 g/mol. The van der Waals surface area contributed by atoms with E-state index in [0.29, 0.717) is 0 Å². The summed E-state index contributed by atoms with van der Waals surface area (Å²) >= 11 is 0. The van der Waals surface area contributed by atoms with Crippen LogP contribution in [0.25, 0.3) is 0 Å². The number of benzene rings is 1. The maximum atomic E-state index is 9.71. The number of fused-ring (bicyclic) bond motifs is 1. The van der Waals surface area contributed by atoms with Gasteiger partial charge in [0.05, 0.1) is 18.8 Å². The number of aryl methyl sites for hydroxylation is 1. The van der Waals surface area contributed by atoms with Crippen LogP contribution in [0.15, 0.2) is 18.2 Å². The molecule has 19 heavy (non-hydrogen) atoms. The third kappa shape index (κ3) is 3.93. The average Bonchev–Trinajstić information content (AvgIpc) is 2.75. The van der Waals surface area contributed by atoms with Crippen molar-refractivity contribution in [2.24, 2.45) is 0 Å². The zero-order chi connectivity index (χ0) is 13.8. The molecule has 4 heteroatoms. The number of hydrogen-bond donors (Lipinski definition) is 2. The van der Waals surface area contributed by atoms with E-state index in [1.807, 2.05) is 32.0 Å². The van der Waals surface area contributed by atoms with Gasteiger partial charge in [-0.05, 0) is 49.9 Å². The highest BCUT2D eigenvalue weighted by molar-refractivity contribution is 5.39. The molecule has 0 saturated heterocycles. The predicted octanol–water partition coefficient (Wildman–Crippen LogP) is 1.83. The summed E-state index contributed by atoms with van der Waals surface area (Å²) in [5, 5.41) is 19.4. The Labute approximate surface area is 114 Å². The van der Waals surface area contributed by atoms with Crippen molar-refractivity contribution in [3.05, 3.63) is 29.3 Å². The molecule has 0 spiro atoms. The number of aliphatic hydroxyl groups excluding tert-OH is 2. The molecule has 0 amide bonds. The molecule has 0 saturated carbocycles. The molecule has 4 nitrogen and oxygen atoms in total. The van der Waals surface area contributed by atoms with E-state index in [4.69, 9.17) is 9.47 Å². The quantitative estimate of drug-likeness (QED) is 0.824. The van der Waals surface area contributed by atoms with Gasteiger partial charge in [-0.15, -0.1) is 0 Å². The number of aliphatic hydroxyl groups is 2. The van der Waals surface area contributed by atoms with Crippen molar-refractivity contribution >= 4 is 0 Å². The molecule has 1 aromatic carbocycles. The molecule has 0 bridgehead atoms. The van der Waals surface area contributed by atoms with Crippen LogP contribution in [0.5, 0.6) is 5.75 Å². The second-order valence-electron chi connectivity index (χ2n) is 5.26. The lowest BCUT2D eigenvalue weighted by atomic mass is 10.1. The van der Waals surface area contributed by atoms with Gasteiger partial charge in [0.1, 0.15) is 18.5 Å². The monoisotopic (exact) mass is 266 g/mol. The molecule has 0 aromatic heterocycles. The highest BCUT2D eigenvalue weighted by Gasteiger charge is 2.20. The van der Waals surface area contributed by atoms with Gasteiger partial charge in [-0.2, -0.15) is 0 Å². The summed E-state index contributed by atoms with van der Waals surface area (Å²) < 4.78 is 10.9. The fourth-order valence-electron chi connectivity index (χ4n) is 2.21. The van der Waals surface area contributed by atoms with Crippen molar-refractivity contribution in [3.63, 3.8) is 0 Å². The lowest BCUT2D eigenvalue weighted by Crippen LogP contribution is -2.25. The Hall–Kier alpha value is -1.10. The Balaban J connectivity index is 1.83. The minimum atomic E-state index is -0.624. The number of hydrogen-bond acceptors (Lipinski definition) is 4. The zero-order valence-electron chi connectivity index (χ0n) is 11.5. The van der Waals surface area contributed by atoms with Crippen LogP contribution in [0, 0.1) is 0 Å². The zero-order valence-corrected chi connectivity index (χ0v) is 11.5. The SMILES string of the molecule is CC(C)OCC(O)COc1ccc2c(c1)CC[C@@H]2O. The van der Waals surface area contributed by atoms with Crippen molar-refractivity contribution in [3.8, 4) is 5.75 Å². The van der Waals surface area contributed by atoms with Gasteiger partial charge >= 0.3 is 0 Å². The third-order valence-electron chi connectivity index (χ3n) is 3.22. The largest absolute Gasteiger partial charge is 0.491 e. The molecule has 0 heterocycles. The van der Waals surface area contributed by atoms with E-state index in [1.54, 1.807) is 0 Å². The van der Waals surface area contributed by atoms with Crippen molar-refractivity contribution in [2.75, 3.05) is 13.2 Å². The molecule has 106 valence electrons. The lowest BCUT2D eigenvalue weighted by Gasteiger charge is -2.15. The van der Waals surface area contributed by atoms with Gasteiger partial charge in [0.25, 0.3) is 0 Å². The summed E-state index contributed by atoms with van der Waals surface area (Å²) in [6.45, 7) is 4.36. The summed E-state index contributed by atoms with van der Waals surface area (Å²) in [5.74, 6) is 0.733. The van der Waals surface area contributed by atoms with Crippen molar-refractivity contribution in [2.45, 2.75) is 45.0 Å². The first-order chi connectivity index (χ1) is 9.06. The smallest absolute Gasteiger partial charge is 0.119 e. The molecule has 2 rings (SSSR count). The van der Waals surface area contributed by atoms with Gasteiger partial charge < -0.3 is 19.7 Å². The first kappa shape index (κ1) is 14.3. The molecule has 1 aromatic rings. The maximum absolute atomic E-state index is 9.71. The van der Waals surface area contributed by atoms with Crippen LogP contribution in [-0.4, -0.2) is 35.6 Å². The molecule has 1 aliphatic rings. The number of ether oxygens (including phenoxy) is 2. The van der Waals surface area contributed by atoms with Crippen LogP contribution in [0.1, 0.15) is 37.5 Å². The minimum absolute atomic E-state index is 0.108. The van der Waals surface area contributed by atoms with E-state index in [1.165, 1.54) is 0 Å². The minimum Gasteiger partial charge on any atom is -0.491 e. The van der Waals surface area contributed by atoms with Crippen molar-refractivity contribution < 1.29 is 19.7 Å². The maximum Gasteiger partial charge on any atom is 0.119 e. The van der Waals surface area contributed by atoms with Gasteiger partial charge in [-0.3, -0.25) is 0 Å². The van der Waals surface area contributed by atoms with E-state index in [2.05, 4.69) is 0 Å². The average molecular weight is 266 g/mol. The molecule has 0 radical (unpaired) electrons. The van der Waals surface area contributed by atoms with E-state index < -0.39 is 6.10 Å². The Bertz CT molecular complexity index is 417. The lowest BCUT2D eigenvalue weighted by molar-refractivity contribution is -0.0122. The highest BCUT2D eigenvalue weighted by Crippen LogP contribution is 2.33. The molecule has 2 atom stereocenters. The summed E-state index contributed by atoms with van der Waals surface area (Å²) in [4.78, 5) is 0. The Kier molecular flexibility index (Phi) is 4.80. The van der Waals surface area contributed by atoms with E-state index in [9.17, 15) is 10.2 Å². The van der Waals surface area contributed by atoms with Crippen LogP contribution in [0.3, 0.4) is 0 Å². The second kappa shape index (κ2) is 6.37. The van der Waals surface area contributed by atoms with E-state index in [0.717, 1.165) is 29.7 Å². The molecule has 1 unspecified atom stereocenters. The fourth-order valence-corrected chi connectivity index (χ4v) is 2.21. The highest BCUT2D eigenvalue weighted by atomic mass is 16.5. The molecule has 0 aliphatic heterocycles. The van der Waals surface area contributed by atoms with Crippen LogP contribution in [0.4, 0.5) is 0 Å². The first-order valence-electron chi connectivity index (χ1n) is 6.79. The predicted molar refractivity (Wildman–Crippen MR) is 72.3 cm³/mol. The van der Waals surface area contributed by atoms with Crippen LogP contribution < -0.4 is 4.74 Å². The standard InChI is InChI=1S/C15H22O4/c1-10(2)18-8-12(16)9-19-13-4-5-14-11(7-13)3-6-15(14)17/h4-5,7,10,12,15-17H,3,6,8-9H2,1-2H3/t12?,15-/m0/s1. The topological polar surface area (TPSA) is 58.9 Å². The van der Waals surface area contributed by atoms with Gasteiger partial charge in [0.2, 0.25) is 0 Å². The Morgan fingerprint density at radius 2 is 2.11 bits per heavy atom. The normalized spacial score (nSPS) is 19.5. The van der Waals surface area contributed by atoms with Crippen molar-refractivity contribution in [1.82, 2.24) is 0 Å². The van der Waals surface area contributed by atoms with Crippen LogP contribution in [-0.2, 0) is 11.2 Å². The first-order valence-corrected chi connectivity index (χ1v) is 6.79. The number of rotatable bonds is 6. The van der Waals surface area contributed by atoms with E-state index in [-0.39, 0.29) is 25.4 Å². The van der Waals surface area contributed by atoms with Gasteiger partial charge in [-0.25, -0.2) is 0 Å². The summed E-state index contributed by atoms with van der Waals surface area (Å²) in [7, 11) is 0. The molecule has 1 aliphatic carbocycles. The van der Waals surface area contributed by atoms with Crippen LogP contribution >= 0.6 is 0 Å². The van der Waals surface area contributed by atoms with Gasteiger partial charge in [-0.1, -0.05) is 6.07 Å². The van der Waals surface area contributed by atoms with Crippen molar-refractivity contribution in [1.29, 1.82) is 0 Å². The Morgan fingerprint density at radius 1 is 1.32 bits per heavy atom. The summed E-state index contributed by atoms with van der Waals surface area (Å²) in [6, 6.07) is 5.68. The third-order valence-corrected chi connectivity index (χ3v) is 3.22. The molecule has 2 N–H and O–H groups in total. The summed E-state index contributed by atoms with van der Waals surface area (Å²) in [5.41, 5.74) is 2.13. The summed E-state index contributed by atoms with van der Waals surface area (Å²) in [6.07, 6.45) is 0.808. The Morgan fingerprint density at radius 3 is 2.84 bits per heavy atom. The fraction of sp³-hybridized carbons (Fsp3) is 0.600. The van der Waals surface area contributed by atoms with E-state index >= 15 is 0 Å². The molecular formula is C15H22O4. The van der Waals surface area contributed by atoms with Gasteiger partial charge in [0, 0.05) is 0 Å². The van der Waals surface area contributed by atoms with Crippen LogP contribution in [0.2, 0.25) is 0 Å². The molecule has 0 fully saturated rings. The second-order valence-corrected chi connectivity index (χ2v) is 5.26. The van der Waals surface area contributed by atoms with Gasteiger partial charge in [0.15, 0.2) is 0 Å².